The van der Waals surface area contributed by atoms with E-state index in [1.165, 1.54) is 0 Å². The highest BCUT2D eigenvalue weighted by Gasteiger charge is 2.58. The summed E-state index contributed by atoms with van der Waals surface area (Å²) >= 11 is -2.93. The van der Waals surface area contributed by atoms with Gasteiger partial charge in [0.2, 0.25) is 0 Å². The van der Waals surface area contributed by atoms with Crippen LogP contribution in [0.1, 0.15) is 19.3 Å². The maximum Gasteiger partial charge on any atom is 0.465 e. The van der Waals surface area contributed by atoms with Crippen LogP contribution >= 0.6 is 0 Å². The standard InChI is InChI=1S/C9H12F2O8S2/c10-9(11,21(15,16)17)8(12)18-6-4-1-2-5(3-4)7(6)19-20(13)14/h4-7H,1-3H2,(H,13,14)(H,15,16,17)/p-1. The lowest BCUT2D eigenvalue weighted by molar-refractivity contribution is -0.175. The lowest BCUT2D eigenvalue weighted by Gasteiger charge is -2.31. The van der Waals surface area contributed by atoms with Crippen LogP contribution in [0.25, 0.3) is 0 Å². The Kier molecular flexibility index (Phi) is 4.37. The first-order valence-corrected chi connectivity index (χ1v) is 8.30. The Morgan fingerprint density at radius 2 is 1.81 bits per heavy atom. The second kappa shape index (κ2) is 5.50. The summed E-state index contributed by atoms with van der Waals surface area (Å²) in [5.41, 5.74) is 0. The van der Waals surface area contributed by atoms with Crippen LogP contribution in [0.15, 0.2) is 0 Å². The maximum atomic E-state index is 13.1. The van der Waals surface area contributed by atoms with E-state index in [0.717, 1.165) is 0 Å². The highest BCUT2D eigenvalue weighted by molar-refractivity contribution is 7.87. The van der Waals surface area contributed by atoms with Crippen molar-refractivity contribution >= 4 is 27.4 Å². The molecule has 2 rings (SSSR count). The summed E-state index contributed by atoms with van der Waals surface area (Å²) in [5, 5.41) is -5.12. The number of fused-ring (bicyclic) bond motifs is 2. The highest BCUT2D eigenvalue weighted by Crippen LogP contribution is 2.48. The first-order valence-electron chi connectivity index (χ1n) is 5.86. The fraction of sp³-hybridized carbons (Fsp3) is 0.889. The molecule has 0 amide bonds. The number of halogens is 2. The largest absolute Gasteiger partial charge is 0.750 e. The van der Waals surface area contributed by atoms with Gasteiger partial charge in [0, 0.05) is 0 Å². The summed E-state index contributed by atoms with van der Waals surface area (Å²) in [6, 6.07) is 0. The Hall–Kier alpha value is -0.690. The first-order chi connectivity index (χ1) is 9.54. The minimum Gasteiger partial charge on any atom is -0.750 e. The average molecular weight is 349 g/mol. The fourth-order valence-corrected chi connectivity index (χ4v) is 3.58. The number of rotatable bonds is 5. The normalized spacial score (nSPS) is 33.9. The Morgan fingerprint density at radius 1 is 1.29 bits per heavy atom. The molecule has 122 valence electrons. The predicted molar refractivity (Wildman–Crippen MR) is 61.0 cm³/mol. The van der Waals surface area contributed by atoms with Crippen LogP contribution in [0.2, 0.25) is 0 Å². The number of esters is 1. The van der Waals surface area contributed by atoms with Gasteiger partial charge in [-0.1, -0.05) is 0 Å². The van der Waals surface area contributed by atoms with Crippen molar-refractivity contribution in [3.05, 3.63) is 0 Å². The van der Waals surface area contributed by atoms with Crippen LogP contribution in [-0.4, -0.2) is 45.2 Å². The van der Waals surface area contributed by atoms with E-state index in [1.807, 2.05) is 0 Å². The Bertz CT molecular complexity index is 562. The number of hydrogen-bond acceptors (Lipinski definition) is 7. The third kappa shape index (κ3) is 3.08. The van der Waals surface area contributed by atoms with Gasteiger partial charge in [0.15, 0.2) is 0 Å². The van der Waals surface area contributed by atoms with Gasteiger partial charge < -0.3 is 9.29 Å². The van der Waals surface area contributed by atoms with E-state index in [0.29, 0.717) is 19.3 Å². The highest BCUT2D eigenvalue weighted by atomic mass is 32.2. The molecule has 21 heavy (non-hydrogen) atoms. The molecular formula is C9H11F2O8S2-. The second-order valence-corrected chi connectivity index (χ2v) is 7.02. The topological polar surface area (TPSA) is 130 Å². The molecule has 12 heteroatoms. The SMILES string of the molecule is O=C(OC1C2CCC(C2)C1OS(=O)[O-])C(F)(F)S(=O)(=O)O. The molecule has 0 heterocycles. The maximum absolute atomic E-state index is 13.1. The molecule has 0 saturated heterocycles. The zero-order valence-corrected chi connectivity index (χ0v) is 11.9. The van der Waals surface area contributed by atoms with Gasteiger partial charge in [-0.25, -0.2) is 9.00 Å². The van der Waals surface area contributed by atoms with Crippen molar-refractivity contribution in [2.75, 3.05) is 0 Å². The minimum absolute atomic E-state index is 0.273. The molecule has 2 fully saturated rings. The van der Waals surface area contributed by atoms with Crippen LogP contribution < -0.4 is 0 Å². The van der Waals surface area contributed by atoms with Gasteiger partial charge in [0.25, 0.3) is 0 Å². The Balaban J connectivity index is 2.14. The smallest absolute Gasteiger partial charge is 0.465 e. The van der Waals surface area contributed by atoms with E-state index in [-0.39, 0.29) is 11.8 Å². The van der Waals surface area contributed by atoms with E-state index >= 15 is 0 Å². The molecule has 2 saturated carbocycles. The van der Waals surface area contributed by atoms with Gasteiger partial charge >= 0.3 is 21.3 Å². The van der Waals surface area contributed by atoms with Crippen LogP contribution in [0.3, 0.4) is 0 Å². The summed E-state index contributed by atoms with van der Waals surface area (Å²) in [5.74, 6) is -3.11. The van der Waals surface area contributed by atoms with Crippen molar-refractivity contribution in [3.63, 3.8) is 0 Å². The fourth-order valence-electron chi connectivity index (χ4n) is 2.87. The molecule has 0 aromatic heterocycles. The molecule has 2 aliphatic rings. The number of alkyl halides is 2. The Morgan fingerprint density at radius 3 is 2.29 bits per heavy atom. The van der Waals surface area contributed by atoms with E-state index in [4.69, 9.17) is 4.55 Å². The molecule has 0 radical (unpaired) electrons. The van der Waals surface area contributed by atoms with E-state index in [1.54, 1.807) is 0 Å². The van der Waals surface area contributed by atoms with E-state index in [9.17, 15) is 30.8 Å². The molecule has 0 spiro atoms. The molecule has 5 unspecified atom stereocenters. The third-order valence-electron chi connectivity index (χ3n) is 3.76. The summed E-state index contributed by atoms with van der Waals surface area (Å²) in [4.78, 5) is 11.3. The van der Waals surface area contributed by atoms with Crippen molar-refractivity contribution in [2.45, 2.75) is 36.7 Å². The van der Waals surface area contributed by atoms with E-state index < -0.39 is 44.9 Å². The van der Waals surface area contributed by atoms with Gasteiger partial charge in [0.1, 0.15) is 12.2 Å². The number of carbonyl (C=O) groups excluding carboxylic acids is 1. The van der Waals surface area contributed by atoms with Gasteiger partial charge in [-0.2, -0.15) is 17.2 Å². The van der Waals surface area contributed by atoms with Crippen molar-refractivity contribution in [2.24, 2.45) is 11.8 Å². The summed E-state index contributed by atoms with van der Waals surface area (Å²) in [6.07, 6.45) is -0.872. The summed E-state index contributed by atoms with van der Waals surface area (Å²) in [7, 11) is -5.97. The minimum atomic E-state index is -5.97. The summed E-state index contributed by atoms with van der Waals surface area (Å²) in [6.45, 7) is 0. The molecule has 2 bridgehead atoms. The van der Waals surface area contributed by atoms with Crippen molar-refractivity contribution in [1.82, 2.24) is 0 Å². The second-order valence-electron chi connectivity index (χ2n) is 4.96. The lowest BCUT2D eigenvalue weighted by atomic mass is 9.95. The zero-order chi connectivity index (χ0) is 16.0. The molecule has 0 aliphatic heterocycles. The molecule has 2 aliphatic carbocycles. The van der Waals surface area contributed by atoms with Gasteiger partial charge in [-0.15, -0.1) is 0 Å². The summed E-state index contributed by atoms with van der Waals surface area (Å²) < 4.78 is 85.6. The molecule has 0 aromatic carbocycles. The monoisotopic (exact) mass is 349 g/mol. The Labute approximate surface area is 121 Å². The van der Waals surface area contributed by atoms with E-state index in [2.05, 4.69) is 8.92 Å². The van der Waals surface area contributed by atoms with Crippen LogP contribution in [0, 0.1) is 11.8 Å². The number of carbonyl (C=O) groups is 1. The van der Waals surface area contributed by atoms with Crippen LogP contribution in [0.4, 0.5) is 8.78 Å². The van der Waals surface area contributed by atoms with Crippen molar-refractivity contribution in [1.29, 1.82) is 0 Å². The van der Waals surface area contributed by atoms with Crippen LogP contribution in [-0.2, 0) is 35.2 Å². The van der Waals surface area contributed by atoms with Crippen LogP contribution in [0.5, 0.6) is 0 Å². The van der Waals surface area contributed by atoms with Gasteiger partial charge in [0.05, 0.1) is 11.4 Å². The molecule has 0 aromatic rings. The quantitative estimate of drug-likeness (QED) is 0.416. The number of ether oxygens (including phenoxy) is 1. The predicted octanol–water partition coefficient (Wildman–Crippen LogP) is -0.0120. The third-order valence-corrected chi connectivity index (χ3v) is 4.96. The van der Waals surface area contributed by atoms with Gasteiger partial charge in [-0.3, -0.25) is 8.74 Å². The zero-order valence-electron chi connectivity index (χ0n) is 10.3. The lowest BCUT2D eigenvalue weighted by Crippen LogP contribution is -2.45. The molecular weight excluding hydrogens is 338 g/mol. The van der Waals surface area contributed by atoms with Gasteiger partial charge in [-0.05, 0) is 31.1 Å². The van der Waals surface area contributed by atoms with Crippen molar-refractivity contribution in [3.8, 4) is 0 Å². The number of hydrogen-bond donors (Lipinski definition) is 1. The average Bonchev–Trinajstić information content (AvgIpc) is 2.90. The first kappa shape index (κ1) is 16.7. The molecule has 1 N–H and O–H groups in total. The molecule has 8 nitrogen and oxygen atoms in total. The van der Waals surface area contributed by atoms with Crippen molar-refractivity contribution < 1.29 is 44.2 Å². The molecule has 5 atom stereocenters.